The smallest absolute Gasteiger partial charge is 0.338 e. The second kappa shape index (κ2) is 10.9. The van der Waals surface area contributed by atoms with Crippen molar-refractivity contribution in [3.8, 4) is 0 Å². The molecule has 170 valence electrons. The first-order valence-corrected chi connectivity index (χ1v) is 12.7. The highest BCUT2D eigenvalue weighted by molar-refractivity contribution is 8.00. The summed E-state index contributed by atoms with van der Waals surface area (Å²) < 4.78 is 18.7. The zero-order valence-electron chi connectivity index (χ0n) is 18.1. The number of halogens is 1. The van der Waals surface area contributed by atoms with Crippen molar-refractivity contribution in [3.05, 3.63) is 95.1 Å². The summed E-state index contributed by atoms with van der Waals surface area (Å²) in [5.74, 6) is 1.14. The number of aromatic nitrogens is 1. The van der Waals surface area contributed by atoms with Crippen LogP contribution < -0.4 is 4.90 Å². The highest BCUT2D eigenvalue weighted by Gasteiger charge is 2.35. The van der Waals surface area contributed by atoms with Gasteiger partial charge in [-0.1, -0.05) is 18.2 Å². The molecule has 8 heteroatoms. The van der Waals surface area contributed by atoms with Gasteiger partial charge in [0.25, 0.3) is 0 Å². The van der Waals surface area contributed by atoms with E-state index in [0.29, 0.717) is 23.7 Å². The molecule has 0 saturated carbocycles. The monoisotopic (exact) mass is 482 g/mol. The second-order valence-corrected chi connectivity index (χ2v) is 9.70. The number of carbonyl (C=O) groups is 2. The molecular formula is C25H23FN2O3S2. The molecule has 0 aliphatic carbocycles. The van der Waals surface area contributed by atoms with E-state index >= 15 is 0 Å². The number of aryl methyl sites for hydroxylation is 1. The Kier molecular flexibility index (Phi) is 7.67. The van der Waals surface area contributed by atoms with Crippen molar-refractivity contribution in [2.75, 3.05) is 23.0 Å². The molecule has 0 radical (unpaired) electrons. The second-order valence-electron chi connectivity index (χ2n) is 7.53. The van der Waals surface area contributed by atoms with Crippen molar-refractivity contribution in [2.45, 2.75) is 18.1 Å². The zero-order chi connectivity index (χ0) is 23.2. The predicted molar refractivity (Wildman–Crippen MR) is 131 cm³/mol. The highest BCUT2D eigenvalue weighted by Crippen LogP contribution is 2.42. The van der Waals surface area contributed by atoms with E-state index in [9.17, 15) is 14.0 Å². The third-order valence-electron chi connectivity index (χ3n) is 5.17. The van der Waals surface area contributed by atoms with Gasteiger partial charge in [-0.2, -0.15) is 11.8 Å². The van der Waals surface area contributed by atoms with Crippen LogP contribution in [-0.2, 0) is 15.3 Å². The van der Waals surface area contributed by atoms with Gasteiger partial charge >= 0.3 is 5.97 Å². The maximum atomic E-state index is 13.3. The molecule has 1 atom stereocenters. The minimum atomic E-state index is -0.385. The van der Waals surface area contributed by atoms with E-state index in [-0.39, 0.29) is 23.1 Å². The average Bonchev–Trinajstić information content (AvgIpc) is 3.21. The Bertz CT molecular complexity index is 1130. The van der Waals surface area contributed by atoms with Gasteiger partial charge in [0.1, 0.15) is 17.8 Å². The van der Waals surface area contributed by atoms with E-state index < -0.39 is 0 Å². The third kappa shape index (κ3) is 5.75. The molecule has 0 N–H and O–H groups in total. The Labute approximate surface area is 200 Å². The largest absolute Gasteiger partial charge is 0.461 e. The van der Waals surface area contributed by atoms with Gasteiger partial charge in [-0.15, -0.1) is 11.8 Å². The molecule has 2 heterocycles. The van der Waals surface area contributed by atoms with Gasteiger partial charge in [0.05, 0.1) is 11.3 Å². The fourth-order valence-corrected chi connectivity index (χ4v) is 5.48. The van der Waals surface area contributed by atoms with E-state index in [1.165, 1.54) is 23.9 Å². The van der Waals surface area contributed by atoms with Crippen LogP contribution in [0.2, 0.25) is 0 Å². The van der Waals surface area contributed by atoms with E-state index in [1.54, 1.807) is 53.2 Å². The number of ether oxygens (including phenoxy) is 1. The number of hydrogen-bond donors (Lipinski definition) is 0. The summed E-state index contributed by atoms with van der Waals surface area (Å²) in [6.45, 7) is 2.19. The number of anilines is 1. The van der Waals surface area contributed by atoms with Gasteiger partial charge in [0.2, 0.25) is 5.91 Å². The highest BCUT2D eigenvalue weighted by atomic mass is 32.2. The third-order valence-corrected chi connectivity index (χ3v) is 7.37. The van der Waals surface area contributed by atoms with Gasteiger partial charge in [-0.3, -0.25) is 14.7 Å². The lowest BCUT2D eigenvalue weighted by Gasteiger charge is -2.26. The molecule has 0 spiro atoms. The van der Waals surface area contributed by atoms with Crippen LogP contribution in [0.25, 0.3) is 0 Å². The normalized spacial score (nSPS) is 15.6. The summed E-state index contributed by atoms with van der Waals surface area (Å²) in [5.41, 5.74) is 3.99. The van der Waals surface area contributed by atoms with Gasteiger partial charge < -0.3 is 4.74 Å². The number of amides is 1. The van der Waals surface area contributed by atoms with Crippen LogP contribution in [0.15, 0.2) is 67.0 Å². The molecule has 1 amide bonds. The molecule has 1 saturated heterocycles. The number of pyridine rings is 1. The topological polar surface area (TPSA) is 59.5 Å². The molecule has 33 heavy (non-hydrogen) atoms. The number of esters is 1. The van der Waals surface area contributed by atoms with Crippen LogP contribution in [0.1, 0.15) is 32.4 Å². The lowest BCUT2D eigenvalue weighted by molar-refractivity contribution is -0.115. The molecule has 1 fully saturated rings. The lowest BCUT2D eigenvalue weighted by atomic mass is 10.1. The maximum Gasteiger partial charge on any atom is 0.338 e. The molecule has 3 aromatic rings. The molecule has 1 aromatic heterocycles. The van der Waals surface area contributed by atoms with Gasteiger partial charge in [0.15, 0.2) is 0 Å². The number of rotatable bonds is 8. The Morgan fingerprint density at radius 3 is 2.79 bits per heavy atom. The van der Waals surface area contributed by atoms with Crippen LogP contribution in [0.4, 0.5) is 10.1 Å². The summed E-state index contributed by atoms with van der Waals surface area (Å²) >= 11 is 3.18. The summed E-state index contributed by atoms with van der Waals surface area (Å²) in [4.78, 5) is 30.9. The minimum absolute atomic E-state index is 0.0154. The fourth-order valence-electron chi connectivity index (χ4n) is 3.56. The van der Waals surface area contributed by atoms with Crippen molar-refractivity contribution in [1.29, 1.82) is 0 Å². The Hall–Kier alpha value is -2.84. The number of nitrogens with zero attached hydrogens (tertiary/aromatic N) is 2. The molecular weight excluding hydrogens is 459 g/mol. The van der Waals surface area contributed by atoms with Crippen molar-refractivity contribution >= 4 is 41.1 Å². The quantitative estimate of drug-likeness (QED) is 0.317. The number of benzene rings is 2. The predicted octanol–water partition coefficient (Wildman–Crippen LogP) is 5.40. The van der Waals surface area contributed by atoms with Gasteiger partial charge in [-0.05, 0) is 60.0 Å². The average molecular weight is 483 g/mol. The Morgan fingerprint density at radius 1 is 1.24 bits per heavy atom. The molecule has 2 aromatic carbocycles. The van der Waals surface area contributed by atoms with Crippen molar-refractivity contribution < 1.29 is 18.7 Å². The maximum absolute atomic E-state index is 13.3. The standard InChI is InChI=1S/C25H23FN2O3S2/c1-17-13-20(25(30)31-11-12-32-15-18-3-2-10-27-14-18)6-9-22(17)28-23(29)16-33-24(28)19-4-7-21(26)8-5-19/h2-10,13-14,24H,11-12,15-16H2,1H3. The first kappa shape index (κ1) is 23.3. The van der Waals surface area contributed by atoms with E-state index in [2.05, 4.69) is 4.98 Å². The fraction of sp³-hybridized carbons (Fsp3) is 0.240. The molecule has 0 bridgehead atoms. The SMILES string of the molecule is Cc1cc(C(=O)OCCSCc2cccnc2)ccc1N1C(=O)CSC1c1ccc(F)cc1. The number of thioether (sulfide) groups is 2. The first-order chi connectivity index (χ1) is 16.0. The van der Waals surface area contributed by atoms with Crippen LogP contribution >= 0.6 is 23.5 Å². The van der Waals surface area contributed by atoms with E-state index in [1.807, 2.05) is 25.3 Å². The van der Waals surface area contributed by atoms with Gasteiger partial charge in [-0.25, -0.2) is 9.18 Å². The number of hydrogen-bond acceptors (Lipinski definition) is 6. The van der Waals surface area contributed by atoms with Crippen LogP contribution in [0.5, 0.6) is 0 Å². The molecule has 1 aliphatic rings. The van der Waals surface area contributed by atoms with Crippen LogP contribution in [-0.4, -0.2) is 35.0 Å². The van der Waals surface area contributed by atoms with E-state index in [4.69, 9.17) is 4.74 Å². The Morgan fingerprint density at radius 2 is 2.06 bits per heavy atom. The van der Waals surface area contributed by atoms with Crippen LogP contribution in [0, 0.1) is 12.7 Å². The first-order valence-electron chi connectivity index (χ1n) is 10.5. The Balaban J connectivity index is 1.37. The molecule has 5 nitrogen and oxygen atoms in total. The molecule has 4 rings (SSSR count). The number of carbonyl (C=O) groups excluding carboxylic acids is 2. The summed E-state index contributed by atoms with van der Waals surface area (Å²) in [7, 11) is 0. The molecule has 1 aliphatic heterocycles. The summed E-state index contributed by atoms with van der Waals surface area (Å²) in [6.07, 6.45) is 3.57. The lowest BCUT2D eigenvalue weighted by Crippen LogP contribution is -2.28. The zero-order valence-corrected chi connectivity index (χ0v) is 19.7. The van der Waals surface area contributed by atoms with Crippen molar-refractivity contribution in [1.82, 2.24) is 4.98 Å². The summed E-state index contributed by atoms with van der Waals surface area (Å²) in [6, 6.07) is 15.3. The summed E-state index contributed by atoms with van der Waals surface area (Å²) in [5, 5.41) is -0.230. The minimum Gasteiger partial charge on any atom is -0.461 e. The molecule has 1 unspecified atom stereocenters. The van der Waals surface area contributed by atoms with Crippen molar-refractivity contribution in [3.63, 3.8) is 0 Å². The van der Waals surface area contributed by atoms with Crippen LogP contribution in [0.3, 0.4) is 0 Å². The van der Waals surface area contributed by atoms with Gasteiger partial charge in [0, 0.05) is 29.6 Å². The van der Waals surface area contributed by atoms with E-state index in [0.717, 1.165) is 28.1 Å². The van der Waals surface area contributed by atoms with Crippen molar-refractivity contribution in [2.24, 2.45) is 0 Å².